The van der Waals surface area contributed by atoms with E-state index in [4.69, 9.17) is 0 Å². The van der Waals surface area contributed by atoms with E-state index in [0.29, 0.717) is 24.8 Å². The van der Waals surface area contributed by atoms with Gasteiger partial charge in [-0.15, -0.1) is 24.0 Å². The molecular formula is C24H34IN3O2S. The summed E-state index contributed by atoms with van der Waals surface area (Å²) in [5.41, 5.74) is 2.26. The summed E-state index contributed by atoms with van der Waals surface area (Å²) in [5.74, 6) is 2.26. The highest BCUT2D eigenvalue weighted by atomic mass is 127. The summed E-state index contributed by atoms with van der Waals surface area (Å²) in [4.78, 5) is 6.72. The minimum absolute atomic E-state index is 0. The molecule has 0 aromatic heterocycles. The predicted molar refractivity (Wildman–Crippen MR) is 140 cm³/mol. The standard InChI is InChI=1S/C24H33N3O2S.HI/c1-20-18-27(16-14-23(20)22-12-7-4-8-13-22)24(25-2)26-15-9-17-30(28,29)19-21-10-5-3-6-11-21;/h3-8,10-13,20,23H,9,14-19H2,1-2H3,(H,25,26);1H. The Labute approximate surface area is 204 Å². The third-order valence-corrected chi connectivity index (χ3v) is 7.47. The number of guanidine groups is 1. The summed E-state index contributed by atoms with van der Waals surface area (Å²) < 4.78 is 24.7. The van der Waals surface area contributed by atoms with Crippen molar-refractivity contribution in [1.82, 2.24) is 10.2 Å². The first kappa shape index (κ1) is 25.6. The molecule has 1 N–H and O–H groups in total. The van der Waals surface area contributed by atoms with Crippen LogP contribution in [0.25, 0.3) is 0 Å². The first-order valence-electron chi connectivity index (χ1n) is 10.7. The van der Waals surface area contributed by atoms with Crippen LogP contribution in [0, 0.1) is 5.92 Å². The molecule has 2 aromatic rings. The molecule has 31 heavy (non-hydrogen) atoms. The van der Waals surface area contributed by atoms with Crippen LogP contribution in [0.2, 0.25) is 0 Å². The number of benzene rings is 2. The van der Waals surface area contributed by atoms with Crippen molar-refractivity contribution in [2.24, 2.45) is 10.9 Å². The second-order valence-electron chi connectivity index (χ2n) is 8.13. The van der Waals surface area contributed by atoms with Crippen LogP contribution < -0.4 is 5.32 Å². The Hall–Kier alpha value is -1.61. The van der Waals surface area contributed by atoms with Gasteiger partial charge in [0.25, 0.3) is 0 Å². The summed E-state index contributed by atoms with van der Waals surface area (Å²) in [5, 5.41) is 3.36. The van der Waals surface area contributed by atoms with E-state index >= 15 is 0 Å². The maximum Gasteiger partial charge on any atom is 0.193 e. The van der Waals surface area contributed by atoms with E-state index < -0.39 is 9.84 Å². The van der Waals surface area contributed by atoms with Crippen LogP contribution in [0.4, 0.5) is 0 Å². The number of halogens is 1. The van der Waals surface area contributed by atoms with E-state index in [1.54, 1.807) is 7.05 Å². The molecule has 0 spiro atoms. The average molecular weight is 556 g/mol. The first-order valence-corrected chi connectivity index (χ1v) is 12.6. The smallest absolute Gasteiger partial charge is 0.193 e. The number of hydrogen-bond acceptors (Lipinski definition) is 3. The molecule has 1 aliphatic heterocycles. The Morgan fingerprint density at radius 2 is 1.74 bits per heavy atom. The molecule has 0 aliphatic carbocycles. The molecule has 1 fully saturated rings. The van der Waals surface area contributed by atoms with Gasteiger partial charge in [-0.25, -0.2) is 8.42 Å². The Kier molecular flexibility index (Phi) is 10.3. The van der Waals surface area contributed by atoms with Crippen molar-refractivity contribution in [2.75, 3.05) is 32.4 Å². The maximum atomic E-state index is 12.4. The third kappa shape index (κ3) is 7.79. The first-order chi connectivity index (χ1) is 14.5. The van der Waals surface area contributed by atoms with Crippen LogP contribution in [-0.4, -0.2) is 51.7 Å². The molecule has 2 unspecified atom stereocenters. The van der Waals surface area contributed by atoms with E-state index in [0.717, 1.165) is 31.0 Å². The zero-order valence-corrected chi connectivity index (χ0v) is 21.6. The predicted octanol–water partition coefficient (Wildman–Crippen LogP) is 4.31. The van der Waals surface area contributed by atoms with Gasteiger partial charge < -0.3 is 10.2 Å². The second kappa shape index (κ2) is 12.4. The van der Waals surface area contributed by atoms with Crippen molar-refractivity contribution >= 4 is 39.8 Å². The lowest BCUT2D eigenvalue weighted by molar-refractivity contribution is 0.234. The van der Waals surface area contributed by atoms with Crippen molar-refractivity contribution in [3.63, 3.8) is 0 Å². The van der Waals surface area contributed by atoms with Crippen LogP contribution in [0.1, 0.15) is 36.8 Å². The Balaban J connectivity index is 0.00000341. The molecular weight excluding hydrogens is 521 g/mol. The van der Waals surface area contributed by atoms with Crippen molar-refractivity contribution in [2.45, 2.75) is 31.4 Å². The highest BCUT2D eigenvalue weighted by molar-refractivity contribution is 14.0. The fraction of sp³-hybridized carbons (Fsp3) is 0.458. The van der Waals surface area contributed by atoms with Gasteiger partial charge in [-0.1, -0.05) is 67.6 Å². The minimum Gasteiger partial charge on any atom is -0.356 e. The molecule has 5 nitrogen and oxygen atoms in total. The van der Waals surface area contributed by atoms with Crippen molar-refractivity contribution in [1.29, 1.82) is 0 Å². The summed E-state index contributed by atoms with van der Waals surface area (Å²) in [7, 11) is -1.31. The summed E-state index contributed by atoms with van der Waals surface area (Å²) in [6.07, 6.45) is 1.67. The SMILES string of the molecule is CN=C(NCCCS(=O)(=O)Cc1ccccc1)N1CCC(c2ccccc2)C(C)C1.I. The van der Waals surface area contributed by atoms with E-state index in [-0.39, 0.29) is 35.5 Å². The maximum absolute atomic E-state index is 12.4. The van der Waals surface area contributed by atoms with Crippen molar-refractivity contribution < 1.29 is 8.42 Å². The lowest BCUT2D eigenvalue weighted by Gasteiger charge is -2.39. The summed E-state index contributed by atoms with van der Waals surface area (Å²) in [6.45, 7) is 4.81. The number of rotatable bonds is 7. The van der Waals surface area contributed by atoms with E-state index in [9.17, 15) is 8.42 Å². The molecule has 0 radical (unpaired) electrons. The quantitative estimate of drug-likeness (QED) is 0.240. The number of aliphatic imine (C=N–C) groups is 1. The number of nitrogens with one attached hydrogen (secondary N) is 1. The van der Waals surface area contributed by atoms with Crippen LogP contribution in [0.5, 0.6) is 0 Å². The van der Waals surface area contributed by atoms with Gasteiger partial charge in [0.15, 0.2) is 15.8 Å². The lowest BCUT2D eigenvalue weighted by atomic mass is 9.82. The zero-order valence-electron chi connectivity index (χ0n) is 18.4. The second-order valence-corrected chi connectivity index (χ2v) is 10.3. The topological polar surface area (TPSA) is 61.8 Å². The molecule has 2 atom stereocenters. The Morgan fingerprint density at radius 3 is 2.35 bits per heavy atom. The van der Waals surface area contributed by atoms with Crippen molar-refractivity contribution in [3.05, 3.63) is 71.8 Å². The molecule has 0 bridgehead atoms. The zero-order chi connectivity index (χ0) is 21.4. The van der Waals surface area contributed by atoms with Gasteiger partial charge in [0.2, 0.25) is 0 Å². The molecule has 3 rings (SSSR count). The van der Waals surface area contributed by atoms with Crippen LogP contribution in [-0.2, 0) is 15.6 Å². The summed E-state index contributed by atoms with van der Waals surface area (Å²) >= 11 is 0. The fourth-order valence-corrected chi connectivity index (χ4v) is 5.69. The molecule has 2 aromatic carbocycles. The van der Waals surface area contributed by atoms with Crippen LogP contribution in [0.3, 0.4) is 0 Å². The highest BCUT2D eigenvalue weighted by Crippen LogP contribution is 2.32. The minimum atomic E-state index is -3.10. The number of sulfone groups is 1. The van der Waals surface area contributed by atoms with Gasteiger partial charge >= 0.3 is 0 Å². The van der Waals surface area contributed by atoms with Gasteiger partial charge in [0.1, 0.15) is 0 Å². The molecule has 0 amide bonds. The van der Waals surface area contributed by atoms with Gasteiger partial charge in [-0.2, -0.15) is 0 Å². The largest absolute Gasteiger partial charge is 0.356 e. The van der Waals surface area contributed by atoms with Crippen molar-refractivity contribution in [3.8, 4) is 0 Å². The molecule has 1 aliphatic rings. The molecule has 1 saturated heterocycles. The van der Waals surface area contributed by atoms with E-state index in [1.807, 2.05) is 30.3 Å². The molecule has 170 valence electrons. The number of likely N-dealkylation sites (tertiary alicyclic amines) is 1. The Bertz CT molecular complexity index is 920. The number of nitrogens with zero attached hydrogens (tertiary/aromatic N) is 2. The Morgan fingerprint density at radius 1 is 1.10 bits per heavy atom. The fourth-order valence-electron chi connectivity index (χ4n) is 4.26. The van der Waals surface area contributed by atoms with Gasteiger partial charge in [-0.05, 0) is 35.8 Å². The van der Waals surface area contributed by atoms with Crippen LogP contribution in [0.15, 0.2) is 65.7 Å². The normalized spacial score (nSPS) is 19.5. The summed E-state index contributed by atoms with van der Waals surface area (Å²) in [6, 6.07) is 20.1. The molecule has 1 heterocycles. The van der Waals surface area contributed by atoms with E-state index in [2.05, 4.69) is 52.5 Å². The van der Waals surface area contributed by atoms with Gasteiger partial charge in [0, 0.05) is 26.7 Å². The van der Waals surface area contributed by atoms with E-state index in [1.165, 1.54) is 5.56 Å². The van der Waals surface area contributed by atoms with Gasteiger partial charge in [-0.3, -0.25) is 4.99 Å². The number of hydrogen-bond donors (Lipinski definition) is 1. The highest BCUT2D eigenvalue weighted by Gasteiger charge is 2.28. The van der Waals surface area contributed by atoms with Gasteiger partial charge in [0.05, 0.1) is 11.5 Å². The van der Waals surface area contributed by atoms with Crippen LogP contribution >= 0.6 is 24.0 Å². The lowest BCUT2D eigenvalue weighted by Crippen LogP contribution is -2.48. The molecule has 7 heteroatoms. The average Bonchev–Trinajstić information content (AvgIpc) is 2.75. The number of piperidine rings is 1. The molecule has 0 saturated carbocycles. The monoisotopic (exact) mass is 555 g/mol. The third-order valence-electron chi connectivity index (χ3n) is 5.79.